The van der Waals surface area contributed by atoms with Gasteiger partial charge in [-0.05, 0) is 31.5 Å². The third-order valence-corrected chi connectivity index (χ3v) is 5.28. The molecule has 0 atom stereocenters. The largest absolute Gasteiger partial charge is 0.398 e. The lowest BCUT2D eigenvalue weighted by molar-refractivity contribution is 0.594. The smallest absolute Gasteiger partial charge is 0.184 e. The maximum absolute atomic E-state index is 12.3. The van der Waals surface area contributed by atoms with E-state index < -0.39 is 9.84 Å². The predicted octanol–water partition coefficient (Wildman–Crippen LogP) is 2.32. The third-order valence-electron chi connectivity index (χ3n) is 2.67. The van der Waals surface area contributed by atoms with Crippen LogP contribution in [-0.4, -0.2) is 13.4 Å². The standard InChI is InChI=1S/C12H14N2O2S2/c1-8-11(13)4-3-5-12(8)18(15,16)7-10-6-17-9(2)14-10/h3-6H,7,13H2,1-2H3. The molecule has 0 aliphatic heterocycles. The molecule has 1 aromatic heterocycles. The molecule has 0 unspecified atom stereocenters. The van der Waals surface area contributed by atoms with Crippen molar-refractivity contribution in [1.82, 2.24) is 4.98 Å². The Labute approximate surface area is 110 Å². The molecule has 6 heteroatoms. The molecule has 0 saturated heterocycles. The second-order valence-electron chi connectivity index (χ2n) is 4.09. The van der Waals surface area contributed by atoms with Crippen LogP contribution in [0.5, 0.6) is 0 Å². The van der Waals surface area contributed by atoms with E-state index in [1.54, 1.807) is 30.5 Å². The van der Waals surface area contributed by atoms with Crippen molar-refractivity contribution in [3.63, 3.8) is 0 Å². The number of anilines is 1. The molecule has 0 fully saturated rings. The minimum atomic E-state index is -3.39. The highest BCUT2D eigenvalue weighted by molar-refractivity contribution is 7.90. The normalized spacial score (nSPS) is 11.7. The van der Waals surface area contributed by atoms with Gasteiger partial charge in [-0.1, -0.05) is 6.07 Å². The molecule has 2 rings (SSSR count). The van der Waals surface area contributed by atoms with Crippen molar-refractivity contribution in [1.29, 1.82) is 0 Å². The van der Waals surface area contributed by atoms with Crippen molar-refractivity contribution in [2.45, 2.75) is 24.5 Å². The predicted molar refractivity (Wildman–Crippen MR) is 73.3 cm³/mol. The fraction of sp³-hybridized carbons (Fsp3) is 0.250. The third kappa shape index (κ3) is 2.54. The number of aryl methyl sites for hydroxylation is 1. The van der Waals surface area contributed by atoms with Crippen molar-refractivity contribution < 1.29 is 8.42 Å². The number of benzene rings is 1. The van der Waals surface area contributed by atoms with Gasteiger partial charge >= 0.3 is 0 Å². The molecule has 0 aliphatic carbocycles. The minimum Gasteiger partial charge on any atom is -0.398 e. The number of sulfone groups is 1. The molecule has 96 valence electrons. The summed E-state index contributed by atoms with van der Waals surface area (Å²) in [5, 5.41) is 2.64. The van der Waals surface area contributed by atoms with E-state index in [9.17, 15) is 8.42 Å². The van der Waals surface area contributed by atoms with Gasteiger partial charge in [0.1, 0.15) is 0 Å². The van der Waals surface area contributed by atoms with Crippen molar-refractivity contribution in [2.75, 3.05) is 5.73 Å². The molecule has 18 heavy (non-hydrogen) atoms. The SMILES string of the molecule is Cc1nc(CS(=O)(=O)c2cccc(N)c2C)cs1. The van der Waals surface area contributed by atoms with E-state index in [1.807, 2.05) is 6.92 Å². The van der Waals surface area contributed by atoms with Crippen molar-refractivity contribution in [3.05, 3.63) is 39.8 Å². The fourth-order valence-electron chi connectivity index (χ4n) is 1.72. The lowest BCUT2D eigenvalue weighted by Crippen LogP contribution is -2.08. The van der Waals surface area contributed by atoms with E-state index in [4.69, 9.17) is 5.73 Å². The summed E-state index contributed by atoms with van der Waals surface area (Å²) in [4.78, 5) is 4.47. The van der Waals surface area contributed by atoms with Crippen LogP contribution in [-0.2, 0) is 15.6 Å². The quantitative estimate of drug-likeness (QED) is 0.877. The van der Waals surface area contributed by atoms with Gasteiger partial charge in [0.2, 0.25) is 0 Å². The number of hydrogen-bond acceptors (Lipinski definition) is 5. The molecule has 0 amide bonds. The summed E-state index contributed by atoms with van der Waals surface area (Å²) >= 11 is 1.45. The van der Waals surface area contributed by atoms with Gasteiger partial charge in [0.05, 0.1) is 21.3 Å². The van der Waals surface area contributed by atoms with Crippen molar-refractivity contribution in [3.8, 4) is 0 Å². The molecule has 0 radical (unpaired) electrons. The van der Waals surface area contributed by atoms with Crippen LogP contribution in [0.3, 0.4) is 0 Å². The lowest BCUT2D eigenvalue weighted by Gasteiger charge is -2.08. The Hall–Kier alpha value is -1.40. The Balaban J connectivity index is 2.40. The molecule has 0 saturated carbocycles. The van der Waals surface area contributed by atoms with Gasteiger partial charge in [-0.15, -0.1) is 11.3 Å². The first-order valence-corrected chi connectivity index (χ1v) is 7.92. The fourth-order valence-corrected chi connectivity index (χ4v) is 4.00. The Morgan fingerprint density at radius 1 is 1.33 bits per heavy atom. The maximum Gasteiger partial charge on any atom is 0.184 e. The molecule has 0 aliphatic rings. The summed E-state index contributed by atoms with van der Waals surface area (Å²) in [6.07, 6.45) is 0. The molecule has 0 spiro atoms. The number of nitrogen functional groups attached to an aromatic ring is 1. The van der Waals surface area contributed by atoms with Gasteiger partial charge in [-0.3, -0.25) is 0 Å². The molecule has 1 heterocycles. The molecular formula is C12H14N2O2S2. The summed E-state index contributed by atoms with van der Waals surface area (Å²) in [7, 11) is -3.39. The van der Waals surface area contributed by atoms with Gasteiger partial charge in [0, 0.05) is 11.1 Å². The van der Waals surface area contributed by atoms with Gasteiger partial charge in [-0.25, -0.2) is 13.4 Å². The summed E-state index contributed by atoms with van der Waals surface area (Å²) in [5.41, 5.74) is 7.41. The zero-order chi connectivity index (χ0) is 13.3. The van der Waals surface area contributed by atoms with Gasteiger partial charge in [0.25, 0.3) is 0 Å². The van der Waals surface area contributed by atoms with Crippen LogP contribution in [0.1, 0.15) is 16.3 Å². The lowest BCUT2D eigenvalue weighted by atomic mass is 10.2. The maximum atomic E-state index is 12.3. The van der Waals surface area contributed by atoms with Crippen molar-refractivity contribution in [2.24, 2.45) is 0 Å². The van der Waals surface area contributed by atoms with Crippen molar-refractivity contribution >= 4 is 26.9 Å². The molecule has 0 bridgehead atoms. The van der Waals surface area contributed by atoms with Crippen LogP contribution < -0.4 is 5.73 Å². The number of nitrogens with two attached hydrogens (primary N) is 1. The second-order valence-corrected chi connectivity index (χ2v) is 7.11. The highest BCUT2D eigenvalue weighted by Crippen LogP contribution is 2.24. The van der Waals surface area contributed by atoms with Crippen LogP contribution in [0, 0.1) is 13.8 Å². The van der Waals surface area contributed by atoms with Gasteiger partial charge in [0.15, 0.2) is 9.84 Å². The Morgan fingerprint density at radius 2 is 2.06 bits per heavy atom. The number of thiazole rings is 1. The number of hydrogen-bond donors (Lipinski definition) is 1. The number of rotatable bonds is 3. The molecular weight excluding hydrogens is 268 g/mol. The molecule has 1 aromatic carbocycles. The first-order valence-electron chi connectivity index (χ1n) is 5.39. The molecule has 2 aromatic rings. The number of nitrogens with zero attached hydrogens (tertiary/aromatic N) is 1. The van der Waals surface area contributed by atoms with E-state index in [0.717, 1.165) is 5.01 Å². The Kier molecular flexibility index (Phi) is 3.41. The zero-order valence-electron chi connectivity index (χ0n) is 10.2. The highest BCUT2D eigenvalue weighted by atomic mass is 32.2. The van der Waals surface area contributed by atoms with Crippen LogP contribution in [0.4, 0.5) is 5.69 Å². The second kappa shape index (κ2) is 4.70. The van der Waals surface area contributed by atoms with Crippen LogP contribution in [0.15, 0.2) is 28.5 Å². The van der Waals surface area contributed by atoms with Crippen LogP contribution in [0.25, 0.3) is 0 Å². The van der Waals surface area contributed by atoms with Gasteiger partial charge in [-0.2, -0.15) is 0 Å². The van der Waals surface area contributed by atoms with Gasteiger partial charge < -0.3 is 5.73 Å². The Bertz CT molecular complexity index is 675. The van der Waals surface area contributed by atoms with Crippen LogP contribution >= 0.6 is 11.3 Å². The molecule has 2 N–H and O–H groups in total. The van der Waals surface area contributed by atoms with E-state index in [1.165, 1.54) is 11.3 Å². The average molecular weight is 282 g/mol. The first-order chi connectivity index (χ1) is 8.40. The summed E-state index contributed by atoms with van der Waals surface area (Å²) < 4.78 is 24.6. The summed E-state index contributed by atoms with van der Waals surface area (Å²) in [6, 6.07) is 4.93. The van der Waals surface area contributed by atoms with E-state index in [0.29, 0.717) is 16.9 Å². The Morgan fingerprint density at radius 3 is 2.67 bits per heavy atom. The monoisotopic (exact) mass is 282 g/mol. The highest BCUT2D eigenvalue weighted by Gasteiger charge is 2.19. The van der Waals surface area contributed by atoms with Crippen LogP contribution in [0.2, 0.25) is 0 Å². The first kappa shape index (κ1) is 13.0. The van der Waals surface area contributed by atoms with E-state index >= 15 is 0 Å². The zero-order valence-corrected chi connectivity index (χ0v) is 11.8. The summed E-state index contributed by atoms with van der Waals surface area (Å²) in [6.45, 7) is 3.57. The average Bonchev–Trinajstić information content (AvgIpc) is 2.67. The minimum absolute atomic E-state index is 0.0817. The molecule has 4 nitrogen and oxygen atoms in total. The summed E-state index contributed by atoms with van der Waals surface area (Å²) in [5.74, 6) is -0.0817. The topological polar surface area (TPSA) is 73.0 Å². The number of aromatic nitrogens is 1. The van der Waals surface area contributed by atoms with E-state index in [-0.39, 0.29) is 10.6 Å². The van der Waals surface area contributed by atoms with E-state index in [2.05, 4.69) is 4.98 Å².